The Balaban J connectivity index is 0.00000326. The average Bonchev–Trinajstić information content (AvgIpc) is 2.86. The topological polar surface area (TPSA) is 109 Å². The Hall–Kier alpha value is -2.58. The van der Waals surface area contributed by atoms with Crippen LogP contribution in [0.4, 0.5) is 10.6 Å². The van der Waals surface area contributed by atoms with Gasteiger partial charge in [0.15, 0.2) is 5.82 Å². The van der Waals surface area contributed by atoms with Crippen LogP contribution in [0.25, 0.3) is 0 Å². The number of hydrogen-bond donors (Lipinski definition) is 1. The Morgan fingerprint density at radius 2 is 1.56 bits per heavy atom. The number of esters is 2. The van der Waals surface area contributed by atoms with Gasteiger partial charge in [-0.25, -0.2) is 14.3 Å². The first kappa shape index (κ1) is 24.4. The highest BCUT2D eigenvalue weighted by Gasteiger charge is 2.23. The number of aromatic nitrogens is 2. The molecule has 1 N–H and O–H groups in total. The van der Waals surface area contributed by atoms with Gasteiger partial charge >= 0.3 is 18.0 Å². The van der Waals surface area contributed by atoms with Crippen molar-refractivity contribution in [1.29, 1.82) is 0 Å². The van der Waals surface area contributed by atoms with Gasteiger partial charge < -0.3 is 14.2 Å². The Morgan fingerprint density at radius 3 is 2.00 bits per heavy atom. The van der Waals surface area contributed by atoms with E-state index in [1.807, 2.05) is 13.8 Å². The number of rotatable bonds is 4. The van der Waals surface area contributed by atoms with Gasteiger partial charge in [0.1, 0.15) is 23.4 Å². The fourth-order valence-electron chi connectivity index (χ4n) is 1.77. The van der Waals surface area contributed by atoms with E-state index in [1.54, 1.807) is 41.5 Å². The van der Waals surface area contributed by atoms with Crippen LogP contribution in [0.1, 0.15) is 65.9 Å². The maximum Gasteiger partial charge on any atom is 0.413 e. The summed E-state index contributed by atoms with van der Waals surface area (Å²) in [5.41, 5.74) is -1.36. The van der Waals surface area contributed by atoms with Crippen molar-refractivity contribution in [2.24, 2.45) is 0 Å². The molecule has 1 heterocycles. The van der Waals surface area contributed by atoms with Gasteiger partial charge in [-0.15, -0.1) is 0 Å². The van der Waals surface area contributed by atoms with Gasteiger partial charge in [0.05, 0.1) is 7.11 Å². The smallest absolute Gasteiger partial charge is 0.413 e. The second-order valence-corrected chi connectivity index (χ2v) is 7.28. The van der Waals surface area contributed by atoms with Crippen molar-refractivity contribution in [3.05, 3.63) is 11.8 Å². The van der Waals surface area contributed by atoms with Crippen LogP contribution in [0.3, 0.4) is 0 Å². The highest BCUT2D eigenvalue weighted by atomic mass is 16.6. The summed E-state index contributed by atoms with van der Waals surface area (Å²) in [6, 6.07) is 1.29. The van der Waals surface area contributed by atoms with E-state index in [4.69, 9.17) is 9.47 Å². The molecule has 0 aliphatic heterocycles. The van der Waals surface area contributed by atoms with Gasteiger partial charge in [-0.3, -0.25) is 10.1 Å². The maximum absolute atomic E-state index is 12.0. The van der Waals surface area contributed by atoms with Crippen molar-refractivity contribution in [1.82, 2.24) is 9.78 Å². The summed E-state index contributed by atoms with van der Waals surface area (Å²) in [6.45, 7) is 14.0. The zero-order valence-electron chi connectivity index (χ0n) is 17.6. The molecule has 27 heavy (non-hydrogen) atoms. The summed E-state index contributed by atoms with van der Waals surface area (Å²) in [5.74, 6) is -1.23. The molecule has 0 aliphatic rings. The van der Waals surface area contributed by atoms with Gasteiger partial charge in [0.25, 0.3) is 0 Å². The number of nitrogens with zero attached hydrogens (tertiary/aromatic N) is 2. The molecule has 0 aliphatic carbocycles. The Labute approximate surface area is 160 Å². The number of hydrogen-bond acceptors (Lipinski definition) is 7. The van der Waals surface area contributed by atoms with Gasteiger partial charge in [0, 0.05) is 6.07 Å². The minimum absolute atomic E-state index is 0.000539. The zero-order valence-corrected chi connectivity index (χ0v) is 17.6. The minimum atomic E-state index is -0.731. The van der Waals surface area contributed by atoms with Crippen molar-refractivity contribution in [2.45, 2.75) is 73.1 Å². The van der Waals surface area contributed by atoms with E-state index in [0.29, 0.717) is 0 Å². The van der Waals surface area contributed by atoms with Gasteiger partial charge in [-0.05, 0) is 41.5 Å². The van der Waals surface area contributed by atoms with Crippen molar-refractivity contribution in [3.8, 4) is 0 Å². The molecule has 0 saturated heterocycles. The van der Waals surface area contributed by atoms with Crippen LogP contribution in [-0.4, -0.2) is 46.1 Å². The summed E-state index contributed by atoms with van der Waals surface area (Å²) in [7, 11) is 1.20. The average molecular weight is 385 g/mol. The number of anilines is 1. The monoisotopic (exact) mass is 385 g/mol. The van der Waals surface area contributed by atoms with E-state index < -0.39 is 29.2 Å². The van der Waals surface area contributed by atoms with Crippen LogP contribution >= 0.6 is 0 Å². The molecule has 0 fully saturated rings. The summed E-state index contributed by atoms with van der Waals surface area (Å²) in [4.78, 5) is 35.6. The van der Waals surface area contributed by atoms with Crippen molar-refractivity contribution < 1.29 is 28.6 Å². The highest BCUT2D eigenvalue weighted by molar-refractivity contribution is 5.91. The first-order valence-electron chi connectivity index (χ1n) is 8.69. The summed E-state index contributed by atoms with van der Waals surface area (Å²) >= 11 is 0. The highest BCUT2D eigenvalue weighted by Crippen LogP contribution is 2.15. The number of methoxy groups -OCH3 is 1. The lowest BCUT2D eigenvalue weighted by atomic mass is 10.2. The van der Waals surface area contributed by atoms with Crippen molar-refractivity contribution >= 4 is 23.8 Å². The van der Waals surface area contributed by atoms with E-state index in [2.05, 4.69) is 15.2 Å². The fraction of sp³-hybridized carbons (Fsp3) is 0.667. The summed E-state index contributed by atoms with van der Waals surface area (Å²) in [5, 5.41) is 6.43. The number of carbonyl (C=O) groups is 3. The van der Waals surface area contributed by atoms with Crippen LogP contribution in [0, 0.1) is 0 Å². The third-order valence-electron chi connectivity index (χ3n) is 2.50. The predicted molar refractivity (Wildman–Crippen MR) is 101 cm³/mol. The molecule has 9 nitrogen and oxygen atoms in total. The Bertz CT molecular complexity index is 653. The number of nitrogens with one attached hydrogen (secondary N) is 1. The lowest BCUT2D eigenvalue weighted by Gasteiger charge is -2.19. The Morgan fingerprint density at radius 1 is 1.04 bits per heavy atom. The van der Waals surface area contributed by atoms with E-state index >= 15 is 0 Å². The van der Waals surface area contributed by atoms with Crippen LogP contribution < -0.4 is 5.32 Å². The number of amides is 1. The second kappa shape index (κ2) is 9.94. The third kappa shape index (κ3) is 9.62. The van der Waals surface area contributed by atoms with E-state index in [-0.39, 0.29) is 18.1 Å². The third-order valence-corrected chi connectivity index (χ3v) is 2.50. The zero-order chi connectivity index (χ0) is 21.4. The molecule has 1 rings (SSSR count). The van der Waals surface area contributed by atoms with Crippen LogP contribution in [0.2, 0.25) is 0 Å². The summed E-state index contributed by atoms with van der Waals surface area (Å²) in [6.07, 6.45) is -0.731. The molecule has 0 bridgehead atoms. The molecule has 0 atom stereocenters. The molecule has 0 saturated carbocycles. The molecule has 154 valence electrons. The van der Waals surface area contributed by atoms with E-state index in [1.165, 1.54) is 13.2 Å². The van der Waals surface area contributed by atoms with Gasteiger partial charge in [-0.2, -0.15) is 5.10 Å². The van der Waals surface area contributed by atoms with Crippen LogP contribution in [-0.2, 0) is 25.5 Å². The molecule has 1 amide bonds. The molecule has 0 radical (unpaired) electrons. The molecular formula is C18H31N3O6. The minimum Gasteiger partial charge on any atom is -0.464 e. The van der Waals surface area contributed by atoms with E-state index in [9.17, 15) is 14.4 Å². The lowest BCUT2D eigenvalue weighted by Crippen LogP contribution is -2.28. The predicted octanol–water partition coefficient (Wildman–Crippen LogP) is 3.38. The standard InChI is InChI=1S/C16H25N3O6.C2H6/c1-15(2,3)24-12(20)9-19-10(13(21)23-7)8-11(18-19)17-14(22)25-16(4,5)6;1-2/h8H,9H2,1-7H3,(H,17,18,22);1-2H3. The molecule has 0 unspecified atom stereocenters. The molecule has 0 spiro atoms. The number of carbonyl (C=O) groups excluding carboxylic acids is 3. The molecule has 0 aromatic carbocycles. The maximum atomic E-state index is 12.0. The first-order valence-corrected chi connectivity index (χ1v) is 8.69. The van der Waals surface area contributed by atoms with Crippen LogP contribution in [0.15, 0.2) is 6.07 Å². The molecule has 9 heteroatoms. The molecule has 1 aromatic heterocycles. The SMILES string of the molecule is CC.COC(=O)c1cc(NC(=O)OC(C)(C)C)nn1CC(=O)OC(C)(C)C. The first-order chi connectivity index (χ1) is 12.3. The number of ether oxygens (including phenoxy) is 3. The molecular weight excluding hydrogens is 354 g/mol. The van der Waals surface area contributed by atoms with Crippen molar-refractivity contribution in [3.63, 3.8) is 0 Å². The Kier molecular flexibility index (Phi) is 8.99. The van der Waals surface area contributed by atoms with Gasteiger partial charge in [0.2, 0.25) is 0 Å². The van der Waals surface area contributed by atoms with E-state index in [0.717, 1.165) is 4.68 Å². The van der Waals surface area contributed by atoms with Gasteiger partial charge in [-0.1, -0.05) is 13.8 Å². The quantitative estimate of drug-likeness (QED) is 0.625. The van der Waals surface area contributed by atoms with Crippen LogP contribution in [0.5, 0.6) is 0 Å². The molecule has 1 aromatic rings. The normalized spacial score (nSPS) is 11.0. The second-order valence-electron chi connectivity index (χ2n) is 7.28. The largest absolute Gasteiger partial charge is 0.464 e. The lowest BCUT2D eigenvalue weighted by molar-refractivity contribution is -0.155. The summed E-state index contributed by atoms with van der Waals surface area (Å²) < 4.78 is 16.1. The fourth-order valence-corrected chi connectivity index (χ4v) is 1.77. The van der Waals surface area contributed by atoms with Crippen molar-refractivity contribution in [2.75, 3.05) is 12.4 Å².